The van der Waals surface area contributed by atoms with Crippen LogP contribution in [0.5, 0.6) is 0 Å². The molecule has 3 rings (SSSR count). The number of aryl methyl sites for hydroxylation is 1. The van der Waals surface area contributed by atoms with Crippen molar-refractivity contribution in [3.63, 3.8) is 0 Å². The van der Waals surface area contributed by atoms with Gasteiger partial charge in [0.25, 0.3) is 10.0 Å². The summed E-state index contributed by atoms with van der Waals surface area (Å²) in [6.45, 7) is 4.71. The van der Waals surface area contributed by atoms with E-state index in [9.17, 15) is 18.0 Å². The van der Waals surface area contributed by atoms with Crippen molar-refractivity contribution in [3.05, 3.63) is 51.3 Å². The number of carbonyl (C=O) groups is 1. The summed E-state index contributed by atoms with van der Waals surface area (Å²) >= 11 is 0.707. The van der Waals surface area contributed by atoms with Gasteiger partial charge in [0, 0.05) is 31.9 Å². The van der Waals surface area contributed by atoms with Crippen LogP contribution in [-0.2, 0) is 14.8 Å². The summed E-state index contributed by atoms with van der Waals surface area (Å²) < 4.78 is 27.0. The number of H-pyrrole nitrogens is 1. The molecule has 1 aliphatic rings. The zero-order valence-electron chi connectivity index (χ0n) is 15.3. The Labute approximate surface area is 162 Å². The van der Waals surface area contributed by atoms with Gasteiger partial charge in [-0.15, -0.1) is 0 Å². The van der Waals surface area contributed by atoms with E-state index in [1.165, 1.54) is 4.31 Å². The van der Waals surface area contributed by atoms with Gasteiger partial charge in [-0.3, -0.25) is 9.59 Å². The SMILES string of the molecule is CC[C@H](C(=O)N1CCN(S(=O)(=O)c2sc(=O)[nH]c2C)CC1)c1ccccc1. The van der Waals surface area contributed by atoms with Gasteiger partial charge in [-0.05, 0) is 18.9 Å². The summed E-state index contributed by atoms with van der Waals surface area (Å²) in [5.74, 6) is -0.185. The Bertz CT molecular complexity index is 958. The van der Waals surface area contributed by atoms with Gasteiger partial charge in [0.05, 0.1) is 5.92 Å². The van der Waals surface area contributed by atoms with Gasteiger partial charge in [0.2, 0.25) is 5.91 Å². The molecule has 0 radical (unpaired) electrons. The maximum absolute atomic E-state index is 12.9. The number of nitrogens with one attached hydrogen (secondary N) is 1. The number of piperazine rings is 1. The van der Waals surface area contributed by atoms with Gasteiger partial charge in [-0.2, -0.15) is 4.31 Å². The minimum Gasteiger partial charge on any atom is -0.340 e. The fourth-order valence-electron chi connectivity index (χ4n) is 3.36. The molecule has 1 saturated heterocycles. The number of amides is 1. The molecule has 1 amide bonds. The highest BCUT2D eigenvalue weighted by Gasteiger charge is 2.34. The molecule has 9 heteroatoms. The average molecular weight is 410 g/mol. The molecule has 1 aromatic carbocycles. The van der Waals surface area contributed by atoms with Crippen molar-refractivity contribution >= 4 is 27.3 Å². The largest absolute Gasteiger partial charge is 0.340 e. The molecule has 7 nitrogen and oxygen atoms in total. The van der Waals surface area contributed by atoms with Crippen LogP contribution in [0.4, 0.5) is 0 Å². The van der Waals surface area contributed by atoms with Crippen LogP contribution >= 0.6 is 11.3 Å². The van der Waals surface area contributed by atoms with Gasteiger partial charge < -0.3 is 9.88 Å². The van der Waals surface area contributed by atoms with E-state index in [4.69, 9.17) is 0 Å². The van der Waals surface area contributed by atoms with E-state index in [-0.39, 0.29) is 34.0 Å². The molecule has 1 fully saturated rings. The molecule has 1 aromatic heterocycles. The Morgan fingerprint density at radius 3 is 2.33 bits per heavy atom. The molecule has 0 aliphatic carbocycles. The Balaban J connectivity index is 1.70. The highest BCUT2D eigenvalue weighted by atomic mass is 32.2. The van der Waals surface area contributed by atoms with Crippen molar-refractivity contribution in [3.8, 4) is 0 Å². The van der Waals surface area contributed by atoms with Gasteiger partial charge in [-0.25, -0.2) is 8.42 Å². The summed E-state index contributed by atoms with van der Waals surface area (Å²) in [5.41, 5.74) is 1.34. The van der Waals surface area contributed by atoms with Crippen molar-refractivity contribution in [2.24, 2.45) is 0 Å². The van der Waals surface area contributed by atoms with Crippen LogP contribution in [-0.4, -0.2) is 54.7 Å². The van der Waals surface area contributed by atoms with Crippen molar-refractivity contribution in [1.29, 1.82) is 0 Å². The lowest BCUT2D eigenvalue weighted by molar-refractivity contribution is -0.134. The fraction of sp³-hybridized carbons (Fsp3) is 0.444. The van der Waals surface area contributed by atoms with Crippen molar-refractivity contribution in [1.82, 2.24) is 14.2 Å². The van der Waals surface area contributed by atoms with E-state index in [1.807, 2.05) is 37.3 Å². The highest BCUT2D eigenvalue weighted by molar-refractivity contribution is 7.91. The minimum absolute atomic E-state index is 0.0308. The van der Waals surface area contributed by atoms with E-state index in [0.29, 0.717) is 36.5 Å². The summed E-state index contributed by atoms with van der Waals surface area (Å²) in [4.78, 5) is 28.2. The lowest BCUT2D eigenvalue weighted by atomic mass is 9.95. The van der Waals surface area contributed by atoms with Gasteiger partial charge in [0.15, 0.2) is 4.21 Å². The van der Waals surface area contributed by atoms with Crippen LogP contribution in [0.2, 0.25) is 0 Å². The highest BCUT2D eigenvalue weighted by Crippen LogP contribution is 2.25. The Hall–Kier alpha value is -1.97. The van der Waals surface area contributed by atoms with Crippen LogP contribution in [0.1, 0.15) is 30.5 Å². The van der Waals surface area contributed by atoms with Gasteiger partial charge in [0.1, 0.15) is 0 Å². The number of hydrogen-bond acceptors (Lipinski definition) is 5. The van der Waals surface area contributed by atoms with E-state index >= 15 is 0 Å². The monoisotopic (exact) mass is 409 g/mol. The van der Waals surface area contributed by atoms with E-state index < -0.39 is 10.0 Å². The first-order valence-corrected chi connectivity index (χ1v) is 11.1. The molecule has 1 aliphatic heterocycles. The molecule has 0 saturated carbocycles. The van der Waals surface area contributed by atoms with Crippen LogP contribution in [0.3, 0.4) is 0 Å². The van der Waals surface area contributed by atoms with Crippen LogP contribution in [0.25, 0.3) is 0 Å². The summed E-state index contributed by atoms with van der Waals surface area (Å²) in [5, 5.41) is 0. The van der Waals surface area contributed by atoms with E-state index in [1.54, 1.807) is 11.8 Å². The molecule has 0 bridgehead atoms. The van der Waals surface area contributed by atoms with Crippen molar-refractivity contribution in [2.75, 3.05) is 26.2 Å². The zero-order chi connectivity index (χ0) is 19.6. The molecule has 1 atom stereocenters. The molecule has 0 spiro atoms. The normalized spacial score (nSPS) is 17.0. The third-order valence-corrected chi connectivity index (χ3v) is 8.29. The number of aromatic amines is 1. The lowest BCUT2D eigenvalue weighted by Crippen LogP contribution is -2.51. The predicted octanol–water partition coefficient (Wildman–Crippen LogP) is 1.77. The number of sulfonamides is 1. The van der Waals surface area contributed by atoms with Gasteiger partial charge >= 0.3 is 4.87 Å². The van der Waals surface area contributed by atoms with Crippen LogP contribution in [0, 0.1) is 6.92 Å². The summed E-state index contributed by atoms with van der Waals surface area (Å²) in [6, 6.07) is 9.65. The second-order valence-electron chi connectivity index (χ2n) is 6.53. The van der Waals surface area contributed by atoms with Crippen molar-refractivity contribution in [2.45, 2.75) is 30.4 Å². The third kappa shape index (κ3) is 3.99. The molecule has 0 unspecified atom stereocenters. The second-order valence-corrected chi connectivity index (χ2v) is 9.64. The zero-order valence-corrected chi connectivity index (χ0v) is 17.0. The maximum atomic E-state index is 12.9. The topological polar surface area (TPSA) is 90.6 Å². The van der Waals surface area contributed by atoms with Gasteiger partial charge in [-0.1, -0.05) is 48.6 Å². The number of aromatic nitrogens is 1. The molecular formula is C18H23N3O4S2. The van der Waals surface area contributed by atoms with Crippen LogP contribution < -0.4 is 4.87 Å². The van der Waals surface area contributed by atoms with E-state index in [0.717, 1.165) is 5.56 Å². The number of rotatable bonds is 5. The third-order valence-electron chi connectivity index (χ3n) is 4.81. The average Bonchev–Trinajstić information content (AvgIpc) is 3.02. The Morgan fingerprint density at radius 1 is 1.19 bits per heavy atom. The Kier molecular flexibility index (Phi) is 5.83. The predicted molar refractivity (Wildman–Crippen MR) is 104 cm³/mol. The number of thiazole rings is 1. The number of nitrogens with zero attached hydrogens (tertiary/aromatic N) is 2. The standard InChI is InChI=1S/C18H23N3O4S2/c1-3-15(14-7-5-4-6-8-14)16(22)20-9-11-21(12-10-20)27(24,25)17-13(2)19-18(23)26-17/h4-8,15H,3,9-12H2,1-2H3,(H,19,23)/t15-/m0/s1. The molecular weight excluding hydrogens is 386 g/mol. The summed E-state index contributed by atoms with van der Waals surface area (Å²) in [7, 11) is -3.72. The smallest absolute Gasteiger partial charge is 0.305 e. The molecule has 146 valence electrons. The molecule has 2 aromatic rings. The fourth-order valence-corrected chi connectivity index (χ4v) is 6.22. The minimum atomic E-state index is -3.72. The first kappa shape index (κ1) is 19.8. The first-order valence-electron chi connectivity index (χ1n) is 8.88. The summed E-state index contributed by atoms with van der Waals surface area (Å²) in [6.07, 6.45) is 0.692. The first-order chi connectivity index (χ1) is 12.8. The second kappa shape index (κ2) is 7.95. The van der Waals surface area contributed by atoms with Crippen LogP contribution in [0.15, 0.2) is 39.3 Å². The van der Waals surface area contributed by atoms with Crippen molar-refractivity contribution < 1.29 is 13.2 Å². The Morgan fingerprint density at radius 2 is 1.81 bits per heavy atom. The molecule has 2 heterocycles. The number of benzene rings is 1. The number of hydrogen-bond donors (Lipinski definition) is 1. The molecule has 1 N–H and O–H groups in total. The quantitative estimate of drug-likeness (QED) is 0.815. The van der Waals surface area contributed by atoms with E-state index in [2.05, 4.69) is 4.98 Å². The number of carbonyl (C=O) groups excluding carboxylic acids is 1. The maximum Gasteiger partial charge on any atom is 0.305 e. The molecule has 27 heavy (non-hydrogen) atoms. The lowest BCUT2D eigenvalue weighted by Gasteiger charge is -2.35.